The van der Waals surface area contributed by atoms with Crippen molar-refractivity contribution in [1.29, 1.82) is 0 Å². The molecule has 1 aromatic heterocycles. The third kappa shape index (κ3) is 3.16. The predicted molar refractivity (Wildman–Crippen MR) is 68.9 cm³/mol. The van der Waals surface area contributed by atoms with Gasteiger partial charge in [0.1, 0.15) is 5.82 Å². The molecule has 0 saturated carbocycles. The number of aromatic nitrogens is 2. The molecule has 0 aliphatic rings. The van der Waals surface area contributed by atoms with Crippen molar-refractivity contribution < 1.29 is 8.60 Å². The fourth-order valence-corrected chi connectivity index (χ4v) is 2.65. The molecule has 18 heavy (non-hydrogen) atoms. The smallest absolute Gasteiger partial charge is 0.147 e. The summed E-state index contributed by atoms with van der Waals surface area (Å²) in [6, 6.07) is 4.28. The predicted octanol–water partition coefficient (Wildman–Crippen LogP) is 1.80. The van der Waals surface area contributed by atoms with Crippen molar-refractivity contribution in [3.63, 3.8) is 0 Å². The Balaban J connectivity index is 1.89. The lowest BCUT2D eigenvalue weighted by Crippen LogP contribution is -2.04. The quantitative estimate of drug-likeness (QED) is 0.840. The van der Waals surface area contributed by atoms with Gasteiger partial charge in [-0.3, -0.25) is 4.21 Å². The lowest BCUT2D eigenvalue weighted by Gasteiger charge is -2.04. The first-order chi connectivity index (χ1) is 8.66. The summed E-state index contributed by atoms with van der Waals surface area (Å²) < 4.78 is 27.0. The summed E-state index contributed by atoms with van der Waals surface area (Å²) in [6.45, 7) is 0.753. The molecule has 0 bridgehead atoms. The monoisotopic (exact) mass is 267 g/mol. The van der Waals surface area contributed by atoms with Crippen LogP contribution >= 0.6 is 0 Å². The van der Waals surface area contributed by atoms with E-state index < -0.39 is 16.6 Å². The average Bonchev–Trinajstić information content (AvgIpc) is 2.85. The molecule has 0 saturated heterocycles. The van der Waals surface area contributed by atoms with Crippen LogP contribution in [0, 0.1) is 5.82 Å². The van der Waals surface area contributed by atoms with Crippen LogP contribution in [0.4, 0.5) is 10.1 Å². The highest BCUT2D eigenvalue weighted by atomic mass is 32.2. The van der Waals surface area contributed by atoms with E-state index in [-0.39, 0.29) is 5.69 Å². The van der Waals surface area contributed by atoms with Gasteiger partial charge in [-0.2, -0.15) is 0 Å². The molecule has 2 rings (SSSR count). The van der Waals surface area contributed by atoms with Gasteiger partial charge in [0.25, 0.3) is 0 Å². The van der Waals surface area contributed by atoms with E-state index in [1.165, 1.54) is 12.1 Å². The van der Waals surface area contributed by atoms with Crippen molar-refractivity contribution in [3.05, 3.63) is 42.7 Å². The standard InChI is InChI=1S/C12H14FN3OS/c13-11-8-10(2-3-12(11)14)18(17)7-1-5-16-6-4-15-9-16/h2-4,6,8-9H,1,5,7,14H2. The molecular formula is C12H14FN3OS. The Kier molecular flexibility index (Phi) is 4.09. The third-order valence-electron chi connectivity index (χ3n) is 2.54. The lowest BCUT2D eigenvalue weighted by molar-refractivity contribution is 0.626. The summed E-state index contributed by atoms with van der Waals surface area (Å²) in [5.74, 6) is -0.0305. The molecule has 0 amide bonds. The highest BCUT2D eigenvalue weighted by Crippen LogP contribution is 2.15. The van der Waals surface area contributed by atoms with Gasteiger partial charge < -0.3 is 10.3 Å². The number of aryl methyl sites for hydroxylation is 1. The van der Waals surface area contributed by atoms with Crippen molar-refractivity contribution >= 4 is 16.5 Å². The lowest BCUT2D eigenvalue weighted by atomic mass is 10.3. The second-order valence-corrected chi connectivity index (χ2v) is 5.46. The van der Waals surface area contributed by atoms with Gasteiger partial charge in [0.05, 0.1) is 22.8 Å². The van der Waals surface area contributed by atoms with Crippen LogP contribution in [0.3, 0.4) is 0 Å². The van der Waals surface area contributed by atoms with Crippen LogP contribution in [-0.2, 0) is 17.3 Å². The molecule has 0 aliphatic heterocycles. The Morgan fingerprint density at radius 3 is 2.94 bits per heavy atom. The SMILES string of the molecule is Nc1ccc(S(=O)CCCn2ccnc2)cc1F. The number of nitrogen functional groups attached to an aromatic ring is 1. The van der Waals surface area contributed by atoms with E-state index in [0.29, 0.717) is 10.6 Å². The number of anilines is 1. The van der Waals surface area contributed by atoms with Gasteiger partial charge in [-0.1, -0.05) is 0 Å². The zero-order valence-electron chi connectivity index (χ0n) is 9.75. The van der Waals surface area contributed by atoms with Crippen LogP contribution in [-0.4, -0.2) is 19.5 Å². The number of nitrogens with two attached hydrogens (primary N) is 1. The fraction of sp³-hybridized carbons (Fsp3) is 0.250. The molecule has 1 unspecified atom stereocenters. The number of imidazole rings is 1. The van der Waals surface area contributed by atoms with E-state index in [0.717, 1.165) is 13.0 Å². The summed E-state index contributed by atoms with van der Waals surface area (Å²) in [5, 5.41) is 0. The van der Waals surface area contributed by atoms with E-state index in [2.05, 4.69) is 4.98 Å². The average molecular weight is 267 g/mol. The first kappa shape index (κ1) is 12.8. The molecule has 0 spiro atoms. The Labute approximate surface area is 107 Å². The minimum Gasteiger partial charge on any atom is -0.396 e. The molecule has 4 nitrogen and oxygen atoms in total. The normalized spacial score (nSPS) is 12.5. The second-order valence-electron chi connectivity index (χ2n) is 3.89. The maximum Gasteiger partial charge on any atom is 0.147 e. The van der Waals surface area contributed by atoms with Gasteiger partial charge in [-0.05, 0) is 24.6 Å². The van der Waals surface area contributed by atoms with Gasteiger partial charge >= 0.3 is 0 Å². The first-order valence-electron chi connectivity index (χ1n) is 5.56. The van der Waals surface area contributed by atoms with Gasteiger partial charge in [-0.15, -0.1) is 0 Å². The first-order valence-corrected chi connectivity index (χ1v) is 6.88. The second kappa shape index (κ2) is 5.77. The molecule has 96 valence electrons. The number of hydrogen-bond acceptors (Lipinski definition) is 3. The molecule has 2 aromatic rings. The van der Waals surface area contributed by atoms with E-state index in [4.69, 9.17) is 5.73 Å². The highest BCUT2D eigenvalue weighted by Gasteiger charge is 2.07. The number of benzene rings is 1. The zero-order valence-corrected chi connectivity index (χ0v) is 10.6. The Morgan fingerprint density at radius 1 is 1.44 bits per heavy atom. The van der Waals surface area contributed by atoms with Gasteiger partial charge in [-0.25, -0.2) is 9.37 Å². The minimum atomic E-state index is -1.19. The zero-order chi connectivity index (χ0) is 13.0. The Hall–Kier alpha value is -1.69. The third-order valence-corrected chi connectivity index (χ3v) is 3.98. The highest BCUT2D eigenvalue weighted by molar-refractivity contribution is 7.85. The summed E-state index contributed by atoms with van der Waals surface area (Å²) in [7, 11) is -1.19. The summed E-state index contributed by atoms with van der Waals surface area (Å²) in [6.07, 6.45) is 6.01. The molecule has 6 heteroatoms. The number of halogens is 1. The van der Waals surface area contributed by atoms with E-state index in [1.54, 1.807) is 18.6 Å². The molecule has 0 fully saturated rings. The Morgan fingerprint density at radius 2 is 2.28 bits per heavy atom. The van der Waals surface area contributed by atoms with Crippen molar-refractivity contribution in [2.24, 2.45) is 0 Å². The van der Waals surface area contributed by atoms with E-state index in [1.807, 2.05) is 10.8 Å². The van der Waals surface area contributed by atoms with Crippen LogP contribution in [0.25, 0.3) is 0 Å². The van der Waals surface area contributed by atoms with Gasteiger partial charge in [0, 0.05) is 29.6 Å². The van der Waals surface area contributed by atoms with E-state index >= 15 is 0 Å². The Bertz CT molecular complexity index is 542. The topological polar surface area (TPSA) is 60.9 Å². The summed E-state index contributed by atoms with van der Waals surface area (Å²) >= 11 is 0. The molecule has 1 heterocycles. The summed E-state index contributed by atoms with van der Waals surface area (Å²) in [5.41, 5.74) is 5.45. The van der Waals surface area contributed by atoms with Gasteiger partial charge in [0.2, 0.25) is 0 Å². The van der Waals surface area contributed by atoms with Crippen LogP contribution in [0.1, 0.15) is 6.42 Å². The number of rotatable bonds is 5. The summed E-state index contributed by atoms with van der Waals surface area (Å²) in [4.78, 5) is 4.40. The van der Waals surface area contributed by atoms with Crippen LogP contribution in [0.15, 0.2) is 41.8 Å². The molecule has 0 radical (unpaired) electrons. The van der Waals surface area contributed by atoms with Crippen molar-refractivity contribution in [1.82, 2.24) is 9.55 Å². The number of nitrogens with zero attached hydrogens (tertiary/aromatic N) is 2. The van der Waals surface area contributed by atoms with E-state index in [9.17, 15) is 8.60 Å². The fourth-order valence-electron chi connectivity index (χ4n) is 1.56. The van der Waals surface area contributed by atoms with Crippen molar-refractivity contribution in [2.75, 3.05) is 11.5 Å². The maximum atomic E-state index is 13.2. The molecule has 1 aromatic carbocycles. The molecule has 1 atom stereocenters. The van der Waals surface area contributed by atoms with Crippen LogP contribution in [0.2, 0.25) is 0 Å². The molecule has 2 N–H and O–H groups in total. The number of hydrogen-bond donors (Lipinski definition) is 1. The van der Waals surface area contributed by atoms with Crippen LogP contribution in [0.5, 0.6) is 0 Å². The molecular weight excluding hydrogens is 253 g/mol. The van der Waals surface area contributed by atoms with Gasteiger partial charge in [0.15, 0.2) is 0 Å². The minimum absolute atomic E-state index is 0.0779. The molecule has 0 aliphatic carbocycles. The van der Waals surface area contributed by atoms with Crippen molar-refractivity contribution in [2.45, 2.75) is 17.9 Å². The van der Waals surface area contributed by atoms with Crippen LogP contribution < -0.4 is 5.73 Å². The largest absolute Gasteiger partial charge is 0.396 e. The maximum absolute atomic E-state index is 13.2. The van der Waals surface area contributed by atoms with Crippen molar-refractivity contribution in [3.8, 4) is 0 Å².